The minimum Gasteiger partial charge on any atom is -0.456 e. The van der Waals surface area contributed by atoms with Gasteiger partial charge < -0.3 is 13.7 Å². The molecule has 58 heavy (non-hydrogen) atoms. The van der Waals surface area contributed by atoms with Crippen LogP contribution in [0.1, 0.15) is 25.0 Å². The molecule has 0 spiro atoms. The third-order valence-electron chi connectivity index (χ3n) is 12.5. The van der Waals surface area contributed by atoms with E-state index >= 15 is 0 Å². The standard InChI is InChI=1S/C55H37NO2/c1-55(2)45-20-8-6-15-38(45)39-30-29-37(33-46(39)55)56(36-27-25-35(26-28-36)34-13-4-3-5-14-34)47-21-10-17-41-40(47)31-32-51-53(41)54-43(19-12-24-50(54)58-51)42-18-11-23-49-52(42)44-16-7-9-22-48(44)57-49/h3-33H,1-2H3. The van der Waals surface area contributed by atoms with E-state index in [-0.39, 0.29) is 5.41 Å². The van der Waals surface area contributed by atoms with Gasteiger partial charge in [0.1, 0.15) is 22.3 Å². The lowest BCUT2D eigenvalue weighted by Crippen LogP contribution is -2.16. The van der Waals surface area contributed by atoms with Crippen molar-refractivity contribution in [1.29, 1.82) is 0 Å². The van der Waals surface area contributed by atoms with Crippen LogP contribution >= 0.6 is 0 Å². The number of rotatable bonds is 5. The number of para-hydroxylation sites is 1. The van der Waals surface area contributed by atoms with Crippen LogP contribution in [0.2, 0.25) is 0 Å². The van der Waals surface area contributed by atoms with Gasteiger partial charge in [0.25, 0.3) is 0 Å². The zero-order valence-corrected chi connectivity index (χ0v) is 32.2. The molecule has 2 aromatic heterocycles. The number of furan rings is 2. The van der Waals surface area contributed by atoms with Gasteiger partial charge in [0.15, 0.2) is 0 Å². The minimum atomic E-state index is -0.134. The maximum Gasteiger partial charge on any atom is 0.136 e. The molecule has 0 unspecified atom stereocenters. The first-order valence-electron chi connectivity index (χ1n) is 20.0. The largest absolute Gasteiger partial charge is 0.456 e. The van der Waals surface area contributed by atoms with Gasteiger partial charge >= 0.3 is 0 Å². The fraction of sp³-hybridized carbons (Fsp3) is 0.0545. The summed E-state index contributed by atoms with van der Waals surface area (Å²) >= 11 is 0. The summed E-state index contributed by atoms with van der Waals surface area (Å²) in [5.74, 6) is 0. The number of benzene rings is 9. The van der Waals surface area contributed by atoms with Crippen molar-refractivity contribution in [2.24, 2.45) is 0 Å². The van der Waals surface area contributed by atoms with Gasteiger partial charge in [-0.1, -0.05) is 141 Å². The molecule has 0 radical (unpaired) electrons. The molecule has 0 bridgehead atoms. The smallest absolute Gasteiger partial charge is 0.136 e. The molecule has 2 heterocycles. The Morgan fingerprint density at radius 3 is 1.79 bits per heavy atom. The molecule has 3 nitrogen and oxygen atoms in total. The molecule has 1 aliphatic carbocycles. The molecule has 0 atom stereocenters. The lowest BCUT2D eigenvalue weighted by molar-refractivity contribution is 0.660. The molecular formula is C55H37NO2. The summed E-state index contributed by atoms with van der Waals surface area (Å²) in [5.41, 5.74) is 16.7. The second-order valence-corrected chi connectivity index (χ2v) is 16.0. The van der Waals surface area contributed by atoms with E-state index in [4.69, 9.17) is 8.83 Å². The molecular weight excluding hydrogens is 707 g/mol. The van der Waals surface area contributed by atoms with E-state index in [0.29, 0.717) is 0 Å². The number of hydrogen-bond acceptors (Lipinski definition) is 3. The quantitative estimate of drug-likeness (QED) is 0.176. The summed E-state index contributed by atoms with van der Waals surface area (Å²) < 4.78 is 13.0. The fourth-order valence-electron chi connectivity index (χ4n) is 9.77. The van der Waals surface area contributed by atoms with Crippen LogP contribution in [-0.4, -0.2) is 0 Å². The van der Waals surface area contributed by atoms with Crippen LogP contribution in [0.4, 0.5) is 17.1 Å². The third kappa shape index (κ3) is 4.74. The molecule has 274 valence electrons. The van der Waals surface area contributed by atoms with Crippen LogP contribution in [-0.2, 0) is 5.41 Å². The van der Waals surface area contributed by atoms with Crippen molar-refractivity contribution >= 4 is 71.7 Å². The van der Waals surface area contributed by atoms with E-state index in [9.17, 15) is 0 Å². The summed E-state index contributed by atoms with van der Waals surface area (Å²) in [6.45, 7) is 4.70. The molecule has 9 aromatic carbocycles. The van der Waals surface area contributed by atoms with Crippen molar-refractivity contribution in [3.05, 3.63) is 199 Å². The Kier molecular flexibility index (Phi) is 6.98. The average molecular weight is 744 g/mol. The molecule has 0 amide bonds. The van der Waals surface area contributed by atoms with Crippen LogP contribution in [0, 0.1) is 0 Å². The molecule has 0 N–H and O–H groups in total. The second kappa shape index (κ2) is 12.3. The lowest BCUT2D eigenvalue weighted by Gasteiger charge is -2.29. The number of fused-ring (bicyclic) bond motifs is 11. The summed E-state index contributed by atoms with van der Waals surface area (Å²) in [6.07, 6.45) is 0. The highest BCUT2D eigenvalue weighted by Gasteiger charge is 2.36. The van der Waals surface area contributed by atoms with Crippen molar-refractivity contribution in [1.82, 2.24) is 0 Å². The molecule has 11 aromatic rings. The highest BCUT2D eigenvalue weighted by Crippen LogP contribution is 2.52. The van der Waals surface area contributed by atoms with E-state index in [1.165, 1.54) is 33.4 Å². The van der Waals surface area contributed by atoms with Crippen molar-refractivity contribution in [2.75, 3.05) is 4.90 Å². The molecule has 0 fully saturated rings. The Morgan fingerprint density at radius 1 is 0.362 bits per heavy atom. The Morgan fingerprint density at radius 2 is 0.948 bits per heavy atom. The Balaban J connectivity index is 1.10. The van der Waals surface area contributed by atoms with Crippen molar-refractivity contribution in [3.63, 3.8) is 0 Å². The van der Waals surface area contributed by atoms with Gasteiger partial charge in [0.2, 0.25) is 0 Å². The lowest BCUT2D eigenvalue weighted by atomic mass is 9.82. The first-order chi connectivity index (χ1) is 28.5. The van der Waals surface area contributed by atoms with Gasteiger partial charge in [-0.2, -0.15) is 0 Å². The predicted molar refractivity (Wildman–Crippen MR) is 242 cm³/mol. The minimum absolute atomic E-state index is 0.134. The molecule has 1 aliphatic rings. The van der Waals surface area contributed by atoms with E-state index < -0.39 is 0 Å². The topological polar surface area (TPSA) is 29.5 Å². The Labute approximate surface area is 336 Å². The Hall–Kier alpha value is -7.36. The van der Waals surface area contributed by atoms with Crippen LogP contribution in [0.3, 0.4) is 0 Å². The van der Waals surface area contributed by atoms with E-state index in [2.05, 4.69) is 195 Å². The summed E-state index contributed by atoms with van der Waals surface area (Å²) in [5, 5.41) is 6.74. The van der Waals surface area contributed by atoms with Crippen molar-refractivity contribution in [2.45, 2.75) is 19.3 Å². The van der Waals surface area contributed by atoms with Gasteiger partial charge in [-0.05, 0) is 111 Å². The van der Waals surface area contributed by atoms with Gasteiger partial charge in [-0.3, -0.25) is 0 Å². The van der Waals surface area contributed by atoms with Gasteiger partial charge in [0, 0.05) is 43.7 Å². The highest BCUT2D eigenvalue weighted by atomic mass is 16.3. The maximum atomic E-state index is 6.70. The van der Waals surface area contributed by atoms with Crippen molar-refractivity contribution in [3.8, 4) is 33.4 Å². The third-order valence-corrected chi connectivity index (χ3v) is 12.5. The van der Waals surface area contributed by atoms with Crippen LogP contribution in [0.5, 0.6) is 0 Å². The first kappa shape index (κ1) is 32.8. The van der Waals surface area contributed by atoms with E-state index in [1.54, 1.807) is 0 Å². The van der Waals surface area contributed by atoms with Crippen LogP contribution in [0.15, 0.2) is 197 Å². The van der Waals surface area contributed by atoms with Gasteiger partial charge in [-0.15, -0.1) is 0 Å². The average Bonchev–Trinajstić information content (AvgIpc) is 3.92. The molecule has 3 heteroatoms. The summed E-state index contributed by atoms with van der Waals surface area (Å²) in [7, 11) is 0. The monoisotopic (exact) mass is 743 g/mol. The van der Waals surface area contributed by atoms with Crippen LogP contribution < -0.4 is 4.90 Å². The summed E-state index contributed by atoms with van der Waals surface area (Å²) in [4.78, 5) is 2.43. The van der Waals surface area contributed by atoms with E-state index in [0.717, 1.165) is 82.8 Å². The highest BCUT2D eigenvalue weighted by molar-refractivity contribution is 6.26. The van der Waals surface area contributed by atoms with E-state index in [1.807, 2.05) is 12.1 Å². The Bertz CT molecular complexity index is 3420. The number of anilines is 3. The number of hydrogen-bond donors (Lipinski definition) is 0. The normalized spacial score (nSPS) is 13.1. The van der Waals surface area contributed by atoms with Gasteiger partial charge in [-0.25, -0.2) is 0 Å². The molecule has 0 saturated carbocycles. The first-order valence-corrected chi connectivity index (χ1v) is 20.0. The summed E-state index contributed by atoms with van der Waals surface area (Å²) in [6, 6.07) is 67.7. The SMILES string of the molecule is CC1(C)c2ccccc2-c2ccc(N(c3ccc(-c4ccccc4)cc3)c3cccc4c3ccc3oc5cccc(-c6cccc7oc8ccccc8c67)c5c34)cc21. The molecule has 12 rings (SSSR count). The number of nitrogens with zero attached hydrogens (tertiary/aromatic N) is 1. The fourth-order valence-corrected chi connectivity index (χ4v) is 9.77. The zero-order valence-electron chi connectivity index (χ0n) is 32.2. The zero-order chi connectivity index (χ0) is 38.5. The van der Waals surface area contributed by atoms with Crippen LogP contribution in [0.25, 0.3) is 88.0 Å². The molecule has 0 saturated heterocycles. The van der Waals surface area contributed by atoms with Gasteiger partial charge in [0.05, 0.1) is 5.69 Å². The molecule has 0 aliphatic heterocycles. The maximum absolute atomic E-state index is 6.70. The van der Waals surface area contributed by atoms with Crippen molar-refractivity contribution < 1.29 is 8.83 Å². The second-order valence-electron chi connectivity index (χ2n) is 16.0. The predicted octanol–water partition coefficient (Wildman–Crippen LogP) is 15.7.